The summed E-state index contributed by atoms with van der Waals surface area (Å²) in [6.45, 7) is 0. The van der Waals surface area contributed by atoms with E-state index in [1.807, 2.05) is 24.3 Å². The highest BCUT2D eigenvalue weighted by Crippen LogP contribution is 2.14. The van der Waals surface area contributed by atoms with Crippen molar-refractivity contribution < 1.29 is 9.90 Å². The van der Waals surface area contributed by atoms with Crippen LogP contribution in [0.15, 0.2) is 36.7 Å². The van der Waals surface area contributed by atoms with E-state index in [1.165, 1.54) is 0 Å². The minimum atomic E-state index is -0.807. The molecule has 0 unspecified atom stereocenters. The fourth-order valence-electron chi connectivity index (χ4n) is 1.42. The molecule has 0 aliphatic rings. The molecule has 1 heterocycles. The first-order valence-electron chi connectivity index (χ1n) is 4.30. The number of aliphatic carboxylic acids is 1. The number of carboxylic acid groups (broad SMARTS) is 1. The molecule has 14 heavy (non-hydrogen) atoms. The van der Waals surface area contributed by atoms with Gasteiger partial charge in [0, 0.05) is 17.8 Å². The Morgan fingerprint density at radius 1 is 1.29 bits per heavy atom. The van der Waals surface area contributed by atoms with Crippen LogP contribution in [0.2, 0.25) is 0 Å². The molecule has 0 aliphatic carbocycles. The van der Waals surface area contributed by atoms with Crippen LogP contribution < -0.4 is 0 Å². The first-order chi connectivity index (χ1) is 6.75. The van der Waals surface area contributed by atoms with E-state index in [0.29, 0.717) is 0 Å². The second kappa shape index (κ2) is 3.46. The highest BCUT2D eigenvalue weighted by atomic mass is 16.4. The smallest absolute Gasteiger partial charge is 0.307 e. The maximum atomic E-state index is 10.5. The fourth-order valence-corrected chi connectivity index (χ4v) is 1.42. The van der Waals surface area contributed by atoms with E-state index in [9.17, 15) is 4.79 Å². The zero-order valence-corrected chi connectivity index (χ0v) is 7.47. The third kappa shape index (κ3) is 1.71. The van der Waals surface area contributed by atoms with Crippen molar-refractivity contribution in [3.8, 4) is 0 Å². The van der Waals surface area contributed by atoms with Crippen molar-refractivity contribution in [1.29, 1.82) is 0 Å². The van der Waals surface area contributed by atoms with Crippen LogP contribution in [-0.2, 0) is 11.2 Å². The van der Waals surface area contributed by atoms with Gasteiger partial charge in [-0.25, -0.2) is 0 Å². The van der Waals surface area contributed by atoms with Gasteiger partial charge in [-0.3, -0.25) is 9.78 Å². The summed E-state index contributed by atoms with van der Waals surface area (Å²) in [5.74, 6) is -0.807. The van der Waals surface area contributed by atoms with Gasteiger partial charge in [-0.2, -0.15) is 0 Å². The number of hydrogen-bond donors (Lipinski definition) is 1. The molecule has 1 aromatic heterocycles. The summed E-state index contributed by atoms with van der Waals surface area (Å²) >= 11 is 0. The Morgan fingerprint density at radius 3 is 2.93 bits per heavy atom. The number of rotatable bonds is 2. The zero-order valence-electron chi connectivity index (χ0n) is 7.47. The summed E-state index contributed by atoms with van der Waals surface area (Å²) in [7, 11) is 0. The van der Waals surface area contributed by atoms with Crippen LogP contribution in [0.25, 0.3) is 10.8 Å². The molecular weight excluding hydrogens is 178 g/mol. The summed E-state index contributed by atoms with van der Waals surface area (Å²) in [5.41, 5.74) is 0.816. The lowest BCUT2D eigenvalue weighted by atomic mass is 10.1. The fraction of sp³-hybridized carbons (Fsp3) is 0.0909. The lowest BCUT2D eigenvalue weighted by molar-refractivity contribution is -0.136. The van der Waals surface area contributed by atoms with E-state index >= 15 is 0 Å². The molecular formula is C11H9NO2. The summed E-state index contributed by atoms with van der Waals surface area (Å²) in [5, 5.41) is 10.7. The molecule has 0 bridgehead atoms. The average Bonchev–Trinajstić information content (AvgIpc) is 2.17. The molecule has 0 saturated carbocycles. The molecule has 0 aliphatic heterocycles. The number of carbonyl (C=O) groups is 1. The van der Waals surface area contributed by atoms with Gasteiger partial charge in [0.1, 0.15) is 0 Å². The quantitative estimate of drug-likeness (QED) is 0.780. The highest BCUT2D eigenvalue weighted by Gasteiger charge is 2.00. The molecule has 0 fully saturated rings. The third-order valence-electron chi connectivity index (χ3n) is 2.06. The van der Waals surface area contributed by atoms with Crippen molar-refractivity contribution >= 4 is 16.7 Å². The third-order valence-corrected chi connectivity index (χ3v) is 2.06. The van der Waals surface area contributed by atoms with E-state index in [-0.39, 0.29) is 6.42 Å². The summed E-state index contributed by atoms with van der Waals surface area (Å²) in [6.07, 6.45) is 3.53. The Bertz CT molecular complexity index is 479. The van der Waals surface area contributed by atoms with Gasteiger partial charge < -0.3 is 5.11 Å². The molecule has 0 radical (unpaired) electrons. The lowest BCUT2D eigenvalue weighted by Crippen LogP contribution is -1.99. The molecule has 2 aromatic rings. The standard InChI is InChI=1S/C11H9NO2/c13-11(14)6-8-1-2-10-7-12-4-3-9(10)5-8/h1-5,7H,6H2,(H,13,14). The van der Waals surface area contributed by atoms with Crippen molar-refractivity contribution in [3.05, 3.63) is 42.2 Å². The monoisotopic (exact) mass is 187 g/mol. The number of pyridine rings is 1. The van der Waals surface area contributed by atoms with Gasteiger partial charge in [0.15, 0.2) is 0 Å². The summed E-state index contributed by atoms with van der Waals surface area (Å²) in [6, 6.07) is 7.46. The van der Waals surface area contributed by atoms with Gasteiger partial charge in [-0.1, -0.05) is 18.2 Å². The molecule has 1 N–H and O–H groups in total. The second-order valence-corrected chi connectivity index (χ2v) is 3.13. The minimum Gasteiger partial charge on any atom is -0.481 e. The van der Waals surface area contributed by atoms with E-state index in [2.05, 4.69) is 4.98 Å². The molecule has 0 atom stereocenters. The van der Waals surface area contributed by atoms with E-state index in [4.69, 9.17) is 5.11 Å². The van der Waals surface area contributed by atoms with Crippen LogP contribution in [0.4, 0.5) is 0 Å². The predicted octanol–water partition coefficient (Wildman–Crippen LogP) is 1.86. The predicted molar refractivity (Wildman–Crippen MR) is 53.1 cm³/mol. The molecule has 2 rings (SSSR count). The molecule has 0 saturated heterocycles. The molecule has 70 valence electrons. The van der Waals surface area contributed by atoms with Crippen molar-refractivity contribution in [2.75, 3.05) is 0 Å². The number of hydrogen-bond acceptors (Lipinski definition) is 2. The molecule has 3 nitrogen and oxygen atoms in total. The van der Waals surface area contributed by atoms with Crippen LogP contribution >= 0.6 is 0 Å². The van der Waals surface area contributed by atoms with Crippen LogP contribution in [0.3, 0.4) is 0 Å². The van der Waals surface area contributed by atoms with E-state index < -0.39 is 5.97 Å². The van der Waals surface area contributed by atoms with Gasteiger partial charge in [0.2, 0.25) is 0 Å². The Balaban J connectivity index is 2.46. The summed E-state index contributed by atoms with van der Waals surface area (Å²) < 4.78 is 0. The molecule has 0 amide bonds. The topological polar surface area (TPSA) is 50.2 Å². The van der Waals surface area contributed by atoms with Gasteiger partial charge >= 0.3 is 5.97 Å². The Kier molecular flexibility index (Phi) is 2.14. The van der Waals surface area contributed by atoms with Crippen molar-refractivity contribution in [1.82, 2.24) is 4.98 Å². The number of aromatic nitrogens is 1. The van der Waals surface area contributed by atoms with Gasteiger partial charge in [0.25, 0.3) is 0 Å². The first-order valence-corrected chi connectivity index (χ1v) is 4.30. The molecule has 3 heteroatoms. The lowest BCUT2D eigenvalue weighted by Gasteiger charge is -1.99. The van der Waals surface area contributed by atoms with Crippen LogP contribution in [-0.4, -0.2) is 16.1 Å². The van der Waals surface area contributed by atoms with Crippen molar-refractivity contribution in [2.45, 2.75) is 6.42 Å². The van der Waals surface area contributed by atoms with Crippen molar-refractivity contribution in [3.63, 3.8) is 0 Å². The van der Waals surface area contributed by atoms with Crippen LogP contribution in [0.1, 0.15) is 5.56 Å². The molecule has 1 aromatic carbocycles. The number of fused-ring (bicyclic) bond motifs is 1. The largest absolute Gasteiger partial charge is 0.481 e. The second-order valence-electron chi connectivity index (χ2n) is 3.13. The minimum absolute atomic E-state index is 0.0677. The highest BCUT2D eigenvalue weighted by molar-refractivity contribution is 5.83. The van der Waals surface area contributed by atoms with Gasteiger partial charge in [-0.15, -0.1) is 0 Å². The zero-order chi connectivity index (χ0) is 9.97. The Hall–Kier alpha value is -1.90. The number of carboxylic acids is 1. The molecule has 0 spiro atoms. The van der Waals surface area contributed by atoms with Gasteiger partial charge in [-0.05, 0) is 17.0 Å². The van der Waals surface area contributed by atoms with Crippen molar-refractivity contribution in [2.24, 2.45) is 0 Å². The van der Waals surface area contributed by atoms with Gasteiger partial charge in [0.05, 0.1) is 6.42 Å². The number of benzene rings is 1. The maximum Gasteiger partial charge on any atom is 0.307 e. The van der Waals surface area contributed by atoms with Crippen LogP contribution in [0.5, 0.6) is 0 Å². The first kappa shape index (κ1) is 8.69. The SMILES string of the molecule is O=C(O)Cc1ccc2cnccc2c1. The Labute approximate surface area is 81.0 Å². The summed E-state index contributed by atoms with van der Waals surface area (Å²) in [4.78, 5) is 14.5. The normalized spacial score (nSPS) is 10.3. The van der Waals surface area contributed by atoms with E-state index in [1.54, 1.807) is 12.4 Å². The van der Waals surface area contributed by atoms with Crippen LogP contribution in [0, 0.1) is 0 Å². The Morgan fingerprint density at radius 2 is 2.14 bits per heavy atom. The average molecular weight is 187 g/mol. The number of nitrogens with zero attached hydrogens (tertiary/aromatic N) is 1. The van der Waals surface area contributed by atoms with E-state index in [0.717, 1.165) is 16.3 Å². The maximum absolute atomic E-state index is 10.5.